The molecule has 0 unspecified atom stereocenters. The van der Waals surface area contributed by atoms with Crippen LogP contribution in [-0.4, -0.2) is 9.13 Å². The Morgan fingerprint density at radius 3 is 2.52 bits per heavy atom. The standard InChI is InChI=1S/C21H15N3O2S/c1-14-6-8-17(9-7-14)24-20(25)19-18(10-11-27-19)23(21(24)26)13-16-5-3-2-4-15(16)12-22/h2-11H,13H2,1H3. The zero-order valence-corrected chi connectivity index (χ0v) is 15.4. The number of nitrogens with zero attached hydrogens (tertiary/aromatic N) is 3. The first-order chi connectivity index (χ1) is 13.1. The quantitative estimate of drug-likeness (QED) is 0.552. The summed E-state index contributed by atoms with van der Waals surface area (Å²) in [7, 11) is 0. The van der Waals surface area contributed by atoms with Crippen molar-refractivity contribution in [3.8, 4) is 11.8 Å². The molecule has 0 atom stereocenters. The molecule has 0 amide bonds. The summed E-state index contributed by atoms with van der Waals surface area (Å²) in [5, 5.41) is 11.2. The van der Waals surface area contributed by atoms with E-state index in [0.717, 1.165) is 11.1 Å². The van der Waals surface area contributed by atoms with Crippen LogP contribution in [0.5, 0.6) is 0 Å². The van der Waals surface area contributed by atoms with E-state index in [1.165, 1.54) is 15.9 Å². The number of nitriles is 1. The predicted octanol–water partition coefficient (Wildman–Crippen LogP) is 3.44. The van der Waals surface area contributed by atoms with Crippen molar-refractivity contribution in [2.75, 3.05) is 0 Å². The lowest BCUT2D eigenvalue weighted by molar-refractivity contribution is 0.715. The Kier molecular flexibility index (Phi) is 4.22. The van der Waals surface area contributed by atoms with Crippen LogP contribution < -0.4 is 11.2 Å². The van der Waals surface area contributed by atoms with Gasteiger partial charge in [0.1, 0.15) is 4.70 Å². The Hall–Kier alpha value is -3.43. The summed E-state index contributed by atoms with van der Waals surface area (Å²) in [6.45, 7) is 2.17. The second-order valence-corrected chi connectivity index (χ2v) is 7.16. The lowest BCUT2D eigenvalue weighted by Crippen LogP contribution is -2.38. The van der Waals surface area contributed by atoms with Gasteiger partial charge >= 0.3 is 5.69 Å². The fraction of sp³-hybridized carbons (Fsp3) is 0.0952. The molecule has 2 heterocycles. The first-order valence-electron chi connectivity index (χ1n) is 8.38. The van der Waals surface area contributed by atoms with E-state index in [1.54, 1.807) is 40.3 Å². The molecule has 0 aliphatic carbocycles. The van der Waals surface area contributed by atoms with Gasteiger partial charge in [-0.15, -0.1) is 11.3 Å². The van der Waals surface area contributed by atoms with Crippen LogP contribution in [0.25, 0.3) is 15.9 Å². The summed E-state index contributed by atoms with van der Waals surface area (Å²) in [5.74, 6) is 0. The second-order valence-electron chi connectivity index (χ2n) is 6.25. The monoisotopic (exact) mass is 373 g/mol. The van der Waals surface area contributed by atoms with Crippen molar-refractivity contribution in [1.29, 1.82) is 5.26 Å². The van der Waals surface area contributed by atoms with E-state index in [2.05, 4.69) is 6.07 Å². The van der Waals surface area contributed by atoms with Gasteiger partial charge in [-0.1, -0.05) is 35.9 Å². The fourth-order valence-electron chi connectivity index (χ4n) is 3.10. The first kappa shape index (κ1) is 17.0. The highest BCUT2D eigenvalue weighted by Gasteiger charge is 2.16. The van der Waals surface area contributed by atoms with Gasteiger partial charge in [-0.2, -0.15) is 5.26 Å². The number of aryl methyl sites for hydroxylation is 1. The van der Waals surface area contributed by atoms with Crippen molar-refractivity contribution in [3.05, 3.63) is 97.5 Å². The van der Waals surface area contributed by atoms with Crippen LogP contribution in [0.1, 0.15) is 16.7 Å². The number of benzene rings is 2. The molecule has 0 bridgehead atoms. The smallest absolute Gasteiger partial charge is 0.288 e. The molecule has 0 spiro atoms. The molecule has 4 aromatic rings. The van der Waals surface area contributed by atoms with Crippen molar-refractivity contribution in [1.82, 2.24) is 9.13 Å². The van der Waals surface area contributed by atoms with Crippen molar-refractivity contribution >= 4 is 21.6 Å². The van der Waals surface area contributed by atoms with Crippen molar-refractivity contribution in [2.24, 2.45) is 0 Å². The Morgan fingerprint density at radius 2 is 1.78 bits per heavy atom. The van der Waals surface area contributed by atoms with Crippen LogP contribution >= 0.6 is 11.3 Å². The summed E-state index contributed by atoms with van der Waals surface area (Å²) >= 11 is 1.31. The number of hydrogen-bond donors (Lipinski definition) is 0. The molecule has 27 heavy (non-hydrogen) atoms. The molecule has 0 aliphatic rings. The summed E-state index contributed by atoms with van der Waals surface area (Å²) in [6, 6.07) is 18.4. The van der Waals surface area contributed by atoms with Gasteiger partial charge in [0.05, 0.1) is 29.4 Å². The second kappa shape index (κ2) is 6.71. The van der Waals surface area contributed by atoms with Crippen molar-refractivity contribution in [3.63, 3.8) is 0 Å². The SMILES string of the molecule is Cc1ccc(-n2c(=O)c3sccc3n(Cc3ccccc3C#N)c2=O)cc1. The van der Waals surface area contributed by atoms with Gasteiger partial charge in [-0.05, 0) is 42.1 Å². The third-order valence-electron chi connectivity index (χ3n) is 4.51. The zero-order valence-electron chi connectivity index (χ0n) is 14.5. The maximum atomic E-state index is 13.2. The van der Waals surface area contributed by atoms with Gasteiger partial charge in [0.2, 0.25) is 0 Å². The molecule has 0 aliphatic heterocycles. The Labute approximate surface area is 159 Å². The van der Waals surface area contributed by atoms with Crippen molar-refractivity contribution < 1.29 is 0 Å². The predicted molar refractivity (Wildman–Crippen MR) is 107 cm³/mol. The van der Waals surface area contributed by atoms with Gasteiger partial charge in [-0.25, -0.2) is 9.36 Å². The van der Waals surface area contributed by atoms with E-state index < -0.39 is 5.69 Å². The molecule has 132 valence electrons. The number of hydrogen-bond acceptors (Lipinski definition) is 4. The highest BCUT2D eigenvalue weighted by atomic mass is 32.1. The minimum Gasteiger partial charge on any atom is -0.288 e. The van der Waals surface area contributed by atoms with Crippen molar-refractivity contribution in [2.45, 2.75) is 13.5 Å². The van der Waals surface area contributed by atoms with Crippen LogP contribution in [0.4, 0.5) is 0 Å². The molecule has 4 rings (SSSR count). The lowest BCUT2D eigenvalue weighted by Gasteiger charge is -2.13. The molecule has 0 N–H and O–H groups in total. The van der Waals surface area contributed by atoms with Gasteiger partial charge in [0.15, 0.2) is 0 Å². The molecular formula is C21H15N3O2S. The molecule has 5 nitrogen and oxygen atoms in total. The Balaban J connectivity index is 2.00. The van der Waals surface area contributed by atoms with Crippen LogP contribution in [0.15, 0.2) is 69.6 Å². The van der Waals surface area contributed by atoms with Gasteiger partial charge in [0, 0.05) is 0 Å². The maximum absolute atomic E-state index is 13.2. The highest BCUT2D eigenvalue weighted by Crippen LogP contribution is 2.18. The fourth-order valence-corrected chi connectivity index (χ4v) is 3.92. The molecule has 0 fully saturated rings. The summed E-state index contributed by atoms with van der Waals surface area (Å²) in [5.41, 5.74) is 2.69. The molecule has 6 heteroatoms. The third-order valence-corrected chi connectivity index (χ3v) is 5.40. The van der Waals surface area contributed by atoms with Crippen LogP contribution in [0, 0.1) is 18.3 Å². The zero-order chi connectivity index (χ0) is 19.0. The lowest BCUT2D eigenvalue weighted by atomic mass is 10.1. The number of rotatable bonds is 3. The average Bonchev–Trinajstić information content (AvgIpc) is 3.17. The Morgan fingerprint density at radius 1 is 1.04 bits per heavy atom. The van der Waals surface area contributed by atoms with E-state index in [4.69, 9.17) is 0 Å². The molecule has 0 saturated carbocycles. The maximum Gasteiger partial charge on any atom is 0.336 e. The van der Waals surface area contributed by atoms with E-state index in [0.29, 0.717) is 21.5 Å². The molecule has 0 radical (unpaired) electrons. The topological polar surface area (TPSA) is 67.8 Å². The molecular weight excluding hydrogens is 358 g/mol. The van der Waals surface area contributed by atoms with E-state index in [9.17, 15) is 14.9 Å². The summed E-state index contributed by atoms with van der Waals surface area (Å²) in [4.78, 5) is 26.2. The van der Waals surface area contributed by atoms with E-state index in [-0.39, 0.29) is 12.1 Å². The van der Waals surface area contributed by atoms with Gasteiger partial charge in [0.25, 0.3) is 5.56 Å². The average molecular weight is 373 g/mol. The van der Waals surface area contributed by atoms with Gasteiger partial charge < -0.3 is 0 Å². The largest absolute Gasteiger partial charge is 0.336 e. The molecule has 0 saturated heterocycles. The first-order valence-corrected chi connectivity index (χ1v) is 9.26. The normalized spacial score (nSPS) is 10.8. The third kappa shape index (κ3) is 2.88. The number of fused-ring (bicyclic) bond motifs is 1. The molecule has 2 aromatic carbocycles. The van der Waals surface area contributed by atoms with Crippen LogP contribution in [-0.2, 0) is 6.54 Å². The van der Waals surface area contributed by atoms with E-state index in [1.807, 2.05) is 31.2 Å². The number of thiophene rings is 1. The number of aromatic nitrogens is 2. The van der Waals surface area contributed by atoms with Crippen LogP contribution in [0.3, 0.4) is 0 Å². The van der Waals surface area contributed by atoms with Gasteiger partial charge in [-0.3, -0.25) is 9.36 Å². The van der Waals surface area contributed by atoms with E-state index >= 15 is 0 Å². The highest BCUT2D eigenvalue weighted by molar-refractivity contribution is 7.17. The summed E-state index contributed by atoms with van der Waals surface area (Å²) < 4.78 is 3.28. The van der Waals surface area contributed by atoms with Crippen LogP contribution in [0.2, 0.25) is 0 Å². The summed E-state index contributed by atoms with van der Waals surface area (Å²) in [6.07, 6.45) is 0. The Bertz CT molecular complexity index is 1300. The molecule has 2 aromatic heterocycles. The minimum atomic E-state index is -0.414. The minimum absolute atomic E-state index is 0.224.